The molecule has 102 valence electrons. The Balaban J connectivity index is 1.97. The lowest BCUT2D eigenvalue weighted by atomic mass is 10.2. The number of para-hydroxylation sites is 1. The summed E-state index contributed by atoms with van der Waals surface area (Å²) in [5.41, 5.74) is 1.52. The number of hydrogen-bond donors (Lipinski definition) is 2. The number of methoxy groups -OCH3 is 1. The van der Waals surface area contributed by atoms with Crippen LogP contribution in [0.5, 0.6) is 17.4 Å². The fourth-order valence-corrected chi connectivity index (χ4v) is 2.00. The minimum atomic E-state index is -0.146. The maximum Gasteiger partial charge on any atom is 0.198 e. The van der Waals surface area contributed by atoms with Gasteiger partial charge in [-0.25, -0.2) is 0 Å². The van der Waals surface area contributed by atoms with Gasteiger partial charge in [-0.15, -0.1) is 0 Å². The van der Waals surface area contributed by atoms with E-state index in [1.807, 2.05) is 30.3 Å². The fraction of sp³-hybridized carbons (Fsp3) is 0.133. The first-order valence-electron chi connectivity index (χ1n) is 6.19. The summed E-state index contributed by atoms with van der Waals surface area (Å²) in [5, 5.41) is 10.2. The van der Waals surface area contributed by atoms with E-state index in [-0.39, 0.29) is 6.61 Å². The van der Waals surface area contributed by atoms with Gasteiger partial charge in [0.15, 0.2) is 17.4 Å². The van der Waals surface area contributed by atoms with Crippen LogP contribution in [-0.4, -0.2) is 22.2 Å². The molecule has 0 amide bonds. The molecule has 0 saturated heterocycles. The van der Waals surface area contributed by atoms with Crippen LogP contribution in [0.15, 0.2) is 42.6 Å². The number of hydrogen-bond acceptors (Lipinski definition) is 4. The Labute approximate surface area is 115 Å². The molecule has 0 aliphatic carbocycles. The third-order valence-electron chi connectivity index (χ3n) is 3.00. The molecule has 3 aromatic rings. The summed E-state index contributed by atoms with van der Waals surface area (Å²) in [7, 11) is 1.55. The number of nitrogens with one attached hydrogen (secondary N) is 1. The molecule has 0 aliphatic rings. The van der Waals surface area contributed by atoms with Crippen molar-refractivity contribution in [2.45, 2.75) is 6.61 Å². The highest BCUT2D eigenvalue weighted by Gasteiger charge is 2.09. The molecule has 0 spiro atoms. The molecule has 1 aromatic carbocycles. The van der Waals surface area contributed by atoms with Crippen LogP contribution >= 0.6 is 0 Å². The minimum Gasteiger partial charge on any atom is -0.491 e. The van der Waals surface area contributed by atoms with E-state index < -0.39 is 0 Å². The Bertz CT molecular complexity index is 704. The van der Waals surface area contributed by atoms with Gasteiger partial charge >= 0.3 is 0 Å². The summed E-state index contributed by atoms with van der Waals surface area (Å²) in [6, 6.07) is 11.5. The molecular weight excluding hydrogens is 256 g/mol. The molecule has 0 unspecified atom stereocenters. The molecule has 2 aromatic heterocycles. The van der Waals surface area contributed by atoms with Crippen molar-refractivity contribution in [3.8, 4) is 17.4 Å². The summed E-state index contributed by atoms with van der Waals surface area (Å²) in [4.78, 5) is 7.22. The Morgan fingerprint density at radius 3 is 2.80 bits per heavy atom. The van der Waals surface area contributed by atoms with Crippen molar-refractivity contribution in [1.29, 1.82) is 0 Å². The Morgan fingerprint density at radius 2 is 2.05 bits per heavy atom. The number of benzene rings is 1. The average molecular weight is 270 g/mol. The molecule has 20 heavy (non-hydrogen) atoms. The highest BCUT2D eigenvalue weighted by atomic mass is 16.5. The summed E-state index contributed by atoms with van der Waals surface area (Å²) >= 11 is 0. The van der Waals surface area contributed by atoms with Crippen LogP contribution in [-0.2, 0) is 6.61 Å². The maximum absolute atomic E-state index is 9.14. The number of H-pyrrole nitrogens is 1. The molecule has 2 heterocycles. The van der Waals surface area contributed by atoms with Crippen LogP contribution < -0.4 is 9.47 Å². The van der Waals surface area contributed by atoms with E-state index in [1.165, 1.54) is 6.20 Å². The number of aromatic amines is 1. The molecule has 2 N–H and O–H groups in total. The van der Waals surface area contributed by atoms with Gasteiger partial charge in [-0.3, -0.25) is 4.98 Å². The van der Waals surface area contributed by atoms with Gasteiger partial charge in [0.1, 0.15) is 0 Å². The van der Waals surface area contributed by atoms with Gasteiger partial charge in [0.25, 0.3) is 0 Å². The molecule has 3 rings (SSSR count). The highest BCUT2D eigenvalue weighted by Crippen LogP contribution is 2.32. The SMILES string of the molecule is COc1cnc(CO)cc1Oc1cc2ccccc2[nH]1. The monoisotopic (exact) mass is 270 g/mol. The van der Waals surface area contributed by atoms with E-state index in [9.17, 15) is 0 Å². The predicted molar refractivity (Wildman–Crippen MR) is 75.1 cm³/mol. The summed E-state index contributed by atoms with van der Waals surface area (Å²) < 4.78 is 11.0. The molecule has 0 atom stereocenters. The first kappa shape index (κ1) is 12.5. The van der Waals surface area contributed by atoms with Crippen LogP contribution in [0.2, 0.25) is 0 Å². The molecule has 0 aliphatic heterocycles. The zero-order valence-electron chi connectivity index (χ0n) is 11.0. The smallest absolute Gasteiger partial charge is 0.198 e. The van der Waals surface area contributed by atoms with Crippen molar-refractivity contribution < 1.29 is 14.6 Å². The standard InChI is InChI=1S/C15H14N2O3/c1-19-14-8-16-11(9-18)7-13(14)20-15-6-10-4-2-3-5-12(10)17-15/h2-8,17-18H,9H2,1H3. The number of nitrogens with zero attached hydrogens (tertiary/aromatic N) is 1. The van der Waals surface area contributed by atoms with Crippen molar-refractivity contribution in [3.63, 3.8) is 0 Å². The van der Waals surface area contributed by atoms with Gasteiger partial charge in [0.05, 0.1) is 25.6 Å². The molecule has 0 fully saturated rings. The van der Waals surface area contributed by atoms with Crippen LogP contribution in [0.1, 0.15) is 5.69 Å². The zero-order valence-corrected chi connectivity index (χ0v) is 11.0. The highest BCUT2D eigenvalue weighted by molar-refractivity contribution is 5.81. The van der Waals surface area contributed by atoms with E-state index in [0.717, 1.165) is 10.9 Å². The van der Waals surface area contributed by atoms with Crippen molar-refractivity contribution in [2.75, 3.05) is 7.11 Å². The number of rotatable bonds is 4. The van der Waals surface area contributed by atoms with E-state index in [0.29, 0.717) is 23.1 Å². The predicted octanol–water partition coefficient (Wildman–Crippen LogP) is 2.86. The van der Waals surface area contributed by atoms with Gasteiger partial charge in [0.2, 0.25) is 0 Å². The first-order chi connectivity index (χ1) is 9.80. The molecule has 0 radical (unpaired) electrons. The average Bonchev–Trinajstić information content (AvgIpc) is 2.89. The molecule has 0 saturated carbocycles. The summed E-state index contributed by atoms with van der Waals surface area (Å²) in [5.74, 6) is 1.64. The first-order valence-corrected chi connectivity index (χ1v) is 6.19. The lowest BCUT2D eigenvalue weighted by molar-refractivity contribution is 0.275. The number of fused-ring (bicyclic) bond motifs is 1. The molecule has 5 nitrogen and oxygen atoms in total. The maximum atomic E-state index is 9.14. The quantitative estimate of drug-likeness (QED) is 0.765. The Kier molecular flexibility index (Phi) is 3.26. The molecular formula is C15H14N2O3. The van der Waals surface area contributed by atoms with Gasteiger partial charge in [-0.1, -0.05) is 18.2 Å². The molecule has 5 heteroatoms. The summed E-state index contributed by atoms with van der Waals surface area (Å²) in [6.45, 7) is -0.146. The summed E-state index contributed by atoms with van der Waals surface area (Å²) in [6.07, 6.45) is 1.53. The third-order valence-corrected chi connectivity index (χ3v) is 3.00. The van der Waals surface area contributed by atoms with E-state index >= 15 is 0 Å². The Morgan fingerprint density at radius 1 is 1.20 bits per heavy atom. The second-order valence-corrected chi connectivity index (χ2v) is 4.31. The van der Waals surface area contributed by atoms with Crippen LogP contribution in [0.3, 0.4) is 0 Å². The Hall–Kier alpha value is -2.53. The lowest BCUT2D eigenvalue weighted by Gasteiger charge is -2.09. The van der Waals surface area contributed by atoms with E-state index in [2.05, 4.69) is 9.97 Å². The fourth-order valence-electron chi connectivity index (χ4n) is 2.00. The number of ether oxygens (including phenoxy) is 2. The zero-order chi connectivity index (χ0) is 13.9. The number of aliphatic hydroxyl groups is 1. The normalized spacial score (nSPS) is 10.7. The van der Waals surface area contributed by atoms with Crippen molar-refractivity contribution in [1.82, 2.24) is 9.97 Å². The van der Waals surface area contributed by atoms with Crippen LogP contribution in [0.25, 0.3) is 10.9 Å². The molecule has 0 bridgehead atoms. The third kappa shape index (κ3) is 2.31. The minimum absolute atomic E-state index is 0.146. The largest absolute Gasteiger partial charge is 0.491 e. The lowest BCUT2D eigenvalue weighted by Crippen LogP contribution is -1.95. The topological polar surface area (TPSA) is 67.4 Å². The van der Waals surface area contributed by atoms with Crippen LogP contribution in [0, 0.1) is 0 Å². The second kappa shape index (κ2) is 5.22. The van der Waals surface area contributed by atoms with Gasteiger partial charge in [-0.05, 0) is 6.07 Å². The van der Waals surface area contributed by atoms with Crippen molar-refractivity contribution >= 4 is 10.9 Å². The number of aromatic nitrogens is 2. The van der Waals surface area contributed by atoms with E-state index in [1.54, 1.807) is 13.2 Å². The van der Waals surface area contributed by atoms with Crippen LogP contribution in [0.4, 0.5) is 0 Å². The van der Waals surface area contributed by atoms with Crippen molar-refractivity contribution in [2.24, 2.45) is 0 Å². The number of pyridine rings is 1. The van der Waals surface area contributed by atoms with Gasteiger partial charge in [0, 0.05) is 23.0 Å². The van der Waals surface area contributed by atoms with Crippen molar-refractivity contribution in [3.05, 3.63) is 48.3 Å². The number of aliphatic hydroxyl groups excluding tert-OH is 1. The van der Waals surface area contributed by atoms with Gasteiger partial charge < -0.3 is 19.6 Å². The van der Waals surface area contributed by atoms with E-state index in [4.69, 9.17) is 14.6 Å². The van der Waals surface area contributed by atoms with Gasteiger partial charge in [-0.2, -0.15) is 0 Å². The second-order valence-electron chi connectivity index (χ2n) is 4.31.